The quantitative estimate of drug-likeness (QED) is 0.899. The number of hydrogen-bond donors (Lipinski definition) is 2. The number of nitrogens with one attached hydrogen (secondary N) is 2. The molecule has 2 rings (SSSR count). The fraction of sp³-hybridized carbons (Fsp3) is 0.438. The Morgan fingerprint density at radius 3 is 2.52 bits per heavy atom. The maximum atomic E-state index is 12.4. The topological polar surface area (TPSA) is 83.0 Å². The number of aryl methyl sites for hydroxylation is 2. The average Bonchev–Trinajstić information content (AvgIpc) is 2.82. The summed E-state index contributed by atoms with van der Waals surface area (Å²) < 4.78 is 1.39. The largest absolute Gasteiger partial charge is 0.343 e. The van der Waals surface area contributed by atoms with Crippen molar-refractivity contribution in [2.75, 3.05) is 7.05 Å². The molecule has 0 spiro atoms. The number of rotatable bonds is 4. The Bertz CT molecular complexity index is 742. The lowest BCUT2D eigenvalue weighted by Crippen LogP contribution is -2.39. The molecule has 124 valence electrons. The molecule has 0 saturated carbocycles. The number of nitrogens with zero attached hydrogens (tertiary/aromatic N) is 3. The highest BCUT2D eigenvalue weighted by Gasteiger charge is 2.18. The minimum Gasteiger partial charge on any atom is -0.328 e. The zero-order valence-electron chi connectivity index (χ0n) is 14.2. The Hall–Kier alpha value is -2.57. The molecule has 0 radical (unpaired) electrons. The molecule has 7 nitrogen and oxygen atoms in total. The highest BCUT2D eigenvalue weighted by atomic mass is 16.2. The smallest absolute Gasteiger partial charge is 0.328 e. The van der Waals surface area contributed by atoms with Crippen LogP contribution in [-0.4, -0.2) is 32.7 Å². The van der Waals surface area contributed by atoms with E-state index in [0.29, 0.717) is 12.4 Å². The summed E-state index contributed by atoms with van der Waals surface area (Å²) in [6.07, 6.45) is 0. The molecule has 0 bridgehead atoms. The highest BCUT2D eigenvalue weighted by Crippen LogP contribution is 2.15. The van der Waals surface area contributed by atoms with Crippen molar-refractivity contribution >= 4 is 6.03 Å². The van der Waals surface area contributed by atoms with Crippen LogP contribution >= 0.6 is 0 Å². The fourth-order valence-corrected chi connectivity index (χ4v) is 2.51. The van der Waals surface area contributed by atoms with Gasteiger partial charge in [0.1, 0.15) is 0 Å². The van der Waals surface area contributed by atoms with Gasteiger partial charge in [0.25, 0.3) is 0 Å². The maximum absolute atomic E-state index is 12.4. The van der Waals surface area contributed by atoms with Crippen molar-refractivity contribution in [2.24, 2.45) is 7.05 Å². The van der Waals surface area contributed by atoms with E-state index < -0.39 is 0 Å². The molecule has 1 unspecified atom stereocenters. The van der Waals surface area contributed by atoms with Crippen LogP contribution in [0.3, 0.4) is 0 Å². The van der Waals surface area contributed by atoms with Crippen LogP contribution in [0.5, 0.6) is 0 Å². The number of urea groups is 1. The second-order valence-electron chi connectivity index (χ2n) is 5.84. The first-order valence-corrected chi connectivity index (χ1v) is 7.49. The van der Waals surface area contributed by atoms with Crippen LogP contribution in [0.15, 0.2) is 23.0 Å². The lowest BCUT2D eigenvalue weighted by Gasteiger charge is -2.22. The molecular formula is C16H23N5O2. The number of hydrogen-bond acceptors (Lipinski definition) is 3. The van der Waals surface area contributed by atoms with Crippen LogP contribution in [0, 0.1) is 13.8 Å². The third-order valence-electron chi connectivity index (χ3n) is 4.03. The second kappa shape index (κ2) is 6.68. The third kappa shape index (κ3) is 3.61. The second-order valence-corrected chi connectivity index (χ2v) is 5.84. The van der Waals surface area contributed by atoms with E-state index in [1.165, 1.54) is 4.57 Å². The molecule has 7 heteroatoms. The summed E-state index contributed by atoms with van der Waals surface area (Å²) in [6.45, 7) is 6.39. The molecule has 2 N–H and O–H groups in total. The van der Waals surface area contributed by atoms with Crippen LogP contribution in [0.4, 0.5) is 4.79 Å². The van der Waals surface area contributed by atoms with E-state index in [2.05, 4.69) is 15.5 Å². The van der Waals surface area contributed by atoms with Crippen LogP contribution in [0.1, 0.15) is 35.5 Å². The number of carbonyl (C=O) groups excluding carboxylic acids is 1. The first-order valence-electron chi connectivity index (χ1n) is 7.49. The fourth-order valence-electron chi connectivity index (χ4n) is 2.51. The molecule has 0 aliphatic carbocycles. The Morgan fingerprint density at radius 1 is 1.39 bits per heavy atom. The van der Waals surface area contributed by atoms with Gasteiger partial charge >= 0.3 is 11.7 Å². The van der Waals surface area contributed by atoms with E-state index in [4.69, 9.17) is 0 Å². The summed E-state index contributed by atoms with van der Waals surface area (Å²) >= 11 is 0. The number of aromatic nitrogens is 3. The van der Waals surface area contributed by atoms with Gasteiger partial charge in [-0.1, -0.05) is 18.2 Å². The molecule has 1 heterocycles. The van der Waals surface area contributed by atoms with Crippen molar-refractivity contribution in [2.45, 2.75) is 33.4 Å². The molecular weight excluding hydrogens is 294 g/mol. The molecule has 1 aromatic carbocycles. The number of carbonyl (C=O) groups is 1. The number of H-pyrrole nitrogens is 1. The summed E-state index contributed by atoms with van der Waals surface area (Å²) in [5.74, 6) is 0.490. The van der Waals surface area contributed by atoms with Gasteiger partial charge in [0, 0.05) is 20.6 Å². The van der Waals surface area contributed by atoms with E-state index in [9.17, 15) is 9.59 Å². The Morgan fingerprint density at radius 2 is 2.00 bits per heavy atom. The van der Waals surface area contributed by atoms with Gasteiger partial charge in [0.05, 0.1) is 6.04 Å². The molecule has 0 aliphatic rings. The third-order valence-corrected chi connectivity index (χ3v) is 4.03. The Balaban J connectivity index is 2.05. The molecule has 23 heavy (non-hydrogen) atoms. The molecule has 2 amide bonds. The standard InChI is InChI=1S/C16H23N5O2/c1-10-7-6-8-11(2)13(10)9-20(4)15(22)17-12(3)14-18-19-16(23)21(14)5/h6-8,12H,9H2,1-5H3,(H,17,22)(H,19,23). The van der Waals surface area contributed by atoms with E-state index in [1.54, 1.807) is 25.9 Å². The highest BCUT2D eigenvalue weighted by molar-refractivity contribution is 5.74. The van der Waals surface area contributed by atoms with Gasteiger partial charge in [0.15, 0.2) is 5.82 Å². The molecule has 1 atom stereocenters. The van der Waals surface area contributed by atoms with Gasteiger partial charge in [0.2, 0.25) is 0 Å². The van der Waals surface area contributed by atoms with Crippen molar-refractivity contribution in [3.05, 3.63) is 51.2 Å². The summed E-state index contributed by atoms with van der Waals surface area (Å²) in [7, 11) is 3.36. The molecule has 0 aliphatic heterocycles. The lowest BCUT2D eigenvalue weighted by atomic mass is 10.0. The van der Waals surface area contributed by atoms with Crippen molar-refractivity contribution < 1.29 is 4.79 Å². The zero-order chi connectivity index (χ0) is 17.1. The van der Waals surface area contributed by atoms with Gasteiger partial charge in [-0.2, -0.15) is 5.10 Å². The van der Waals surface area contributed by atoms with Crippen molar-refractivity contribution in [3.63, 3.8) is 0 Å². The molecule has 0 fully saturated rings. The van der Waals surface area contributed by atoms with E-state index in [0.717, 1.165) is 16.7 Å². The van der Waals surface area contributed by atoms with Gasteiger partial charge in [-0.05, 0) is 37.5 Å². The van der Waals surface area contributed by atoms with Crippen LogP contribution < -0.4 is 11.0 Å². The number of amides is 2. The van der Waals surface area contributed by atoms with E-state index in [-0.39, 0.29) is 17.8 Å². The van der Waals surface area contributed by atoms with Gasteiger partial charge in [-0.3, -0.25) is 4.57 Å². The van der Waals surface area contributed by atoms with Crippen LogP contribution in [0.2, 0.25) is 0 Å². The van der Waals surface area contributed by atoms with Gasteiger partial charge in [-0.15, -0.1) is 0 Å². The van der Waals surface area contributed by atoms with Gasteiger partial charge in [-0.25, -0.2) is 14.7 Å². The van der Waals surface area contributed by atoms with Crippen molar-refractivity contribution in [1.29, 1.82) is 0 Å². The Kier molecular flexibility index (Phi) is 4.88. The van der Waals surface area contributed by atoms with Crippen LogP contribution in [0.25, 0.3) is 0 Å². The van der Waals surface area contributed by atoms with E-state index >= 15 is 0 Å². The molecule has 2 aromatic rings. The molecule has 0 saturated heterocycles. The molecule has 1 aromatic heterocycles. The van der Waals surface area contributed by atoms with E-state index in [1.807, 2.05) is 32.0 Å². The van der Waals surface area contributed by atoms with Crippen molar-refractivity contribution in [3.8, 4) is 0 Å². The predicted octanol–water partition coefficient (Wildman–Crippen LogP) is 1.63. The first-order chi connectivity index (χ1) is 10.8. The summed E-state index contributed by atoms with van der Waals surface area (Å²) in [5, 5.41) is 9.15. The minimum absolute atomic E-state index is 0.212. The maximum Gasteiger partial charge on any atom is 0.343 e. The number of benzene rings is 1. The summed E-state index contributed by atoms with van der Waals surface area (Å²) in [6, 6.07) is 5.50. The number of aromatic amines is 1. The van der Waals surface area contributed by atoms with Crippen molar-refractivity contribution in [1.82, 2.24) is 25.0 Å². The minimum atomic E-state index is -0.369. The monoisotopic (exact) mass is 317 g/mol. The normalized spacial score (nSPS) is 12.0. The average molecular weight is 317 g/mol. The lowest BCUT2D eigenvalue weighted by molar-refractivity contribution is 0.202. The zero-order valence-corrected chi connectivity index (χ0v) is 14.2. The summed E-state index contributed by atoms with van der Waals surface area (Å²) in [5.41, 5.74) is 3.16. The Labute approximate surface area is 135 Å². The summed E-state index contributed by atoms with van der Waals surface area (Å²) in [4.78, 5) is 25.4. The predicted molar refractivity (Wildman–Crippen MR) is 88.2 cm³/mol. The SMILES string of the molecule is Cc1cccc(C)c1CN(C)C(=O)NC(C)c1n[nH]c(=O)n1C. The van der Waals surface area contributed by atoms with Gasteiger partial charge < -0.3 is 10.2 Å². The van der Waals surface area contributed by atoms with Crippen LogP contribution in [-0.2, 0) is 13.6 Å². The first kappa shape index (κ1) is 16.8.